The first-order valence-corrected chi connectivity index (χ1v) is 28.0. The zero-order valence-electron chi connectivity index (χ0n) is 49.7. The van der Waals surface area contributed by atoms with Crippen LogP contribution in [0.2, 0.25) is 15.2 Å². The third-order valence-corrected chi connectivity index (χ3v) is 13.5. The van der Waals surface area contributed by atoms with Gasteiger partial charge in [0.25, 0.3) is 35.1 Å². The monoisotopic (exact) mass is 1360 g/mol. The van der Waals surface area contributed by atoms with E-state index < -0.39 is 0 Å². The van der Waals surface area contributed by atoms with Crippen LogP contribution in [-0.2, 0) is 19.5 Å². The van der Waals surface area contributed by atoms with Crippen LogP contribution in [0.25, 0.3) is 24.2 Å². The van der Waals surface area contributed by atoms with Crippen molar-refractivity contribution in [3.05, 3.63) is 214 Å². The lowest BCUT2D eigenvalue weighted by molar-refractivity contribution is 0.0809. The standard InChI is InChI=1S/C22H19ClN6O2.C15H13Cl2N3O2.2C6H6N4.C5H3BrN4.C5H4N4/c1-12-21(24-2)27-14(10-25-12)8-13-9-17(19-18(26-13)11-29(3)22(19)30)28-16-7-5-6-15(23)20(16)31-4;1-20-7-11-13(15(20)21)10(6-12(17)19-11)18-9-5-3-4-8(16)14(9)22-2;2*1-4-6(8-2)10-5(7)3-9-4;1-8-5-4(6)9-2-3(7)10-5;1-7-5-3-8-2-4(6)9-5/h5-7,9-10H,8,11H2,1,3-4H3,(H,26,28);3-6H,7H2,1-2H3,(H,18,19);2*3H,1H3,(H2,7,10);2H,(H2,7,10);2-3H,(H2,6,9). The van der Waals surface area contributed by atoms with E-state index in [1.165, 1.54) is 38.1 Å². The first-order valence-electron chi connectivity index (χ1n) is 26.1. The van der Waals surface area contributed by atoms with Crippen LogP contribution < -0.4 is 43.0 Å². The molecule has 0 fully saturated rings. The number of nitrogens with one attached hydrogen (secondary N) is 2. The third-order valence-electron chi connectivity index (χ3n) is 12.1. The van der Waals surface area contributed by atoms with Gasteiger partial charge < -0.3 is 77.1 Å². The highest BCUT2D eigenvalue weighted by atomic mass is 79.9. The van der Waals surface area contributed by atoms with Crippen molar-refractivity contribution in [2.24, 2.45) is 0 Å². The van der Waals surface area contributed by atoms with Crippen molar-refractivity contribution in [2.75, 3.05) is 61.9 Å². The summed E-state index contributed by atoms with van der Waals surface area (Å²) in [6.07, 6.45) is 9.04. The number of ether oxygens (including phenoxy) is 2. The number of methoxy groups -OCH3 is 2. The van der Waals surface area contributed by atoms with Gasteiger partial charge in [-0.2, -0.15) is 0 Å². The minimum Gasteiger partial charge on any atom is -0.493 e. The van der Waals surface area contributed by atoms with Gasteiger partial charge in [-0.1, -0.05) is 99.7 Å². The predicted octanol–water partition coefficient (Wildman–Crippen LogP) is 11.9. The van der Waals surface area contributed by atoms with Crippen LogP contribution in [0, 0.1) is 53.6 Å². The molecule has 7 aromatic heterocycles. The zero-order valence-corrected chi connectivity index (χ0v) is 53.5. The third kappa shape index (κ3) is 18.2. The lowest BCUT2D eigenvalue weighted by Crippen LogP contribution is -2.18. The number of nitrogens with zero attached hydrogens (tertiary/aromatic N) is 19. The van der Waals surface area contributed by atoms with Crippen LogP contribution >= 0.6 is 50.7 Å². The second-order valence-corrected chi connectivity index (χ2v) is 20.6. The van der Waals surface area contributed by atoms with Gasteiger partial charge in [-0.05, 0) is 73.1 Å². The molecule has 2 aromatic carbocycles. The SMILES string of the molecule is COc1c(Cl)cccc1Nc1cc(Cl)nc2c1C(=O)N(C)C2.[C-]#[N+]c1cncc(N)n1.[C-]#[N+]c1nc(Cc2cc(Nc3cccc(Cl)c3OC)c3c(n2)CN(C)C3=O)cnc1C.[C-]#[N+]c1nc(N)cnc1Br.[C-]#[N+]c1nc(N)cnc1C.[C-]#[N+]c1nc(N)cnc1C. The number of hydrogen-bond acceptors (Lipinski definition) is 22. The smallest absolute Gasteiger partial charge is 0.304 e. The summed E-state index contributed by atoms with van der Waals surface area (Å²) in [5.41, 5.74) is 29.1. The molecular formula is C59H51BrCl3N25O4. The quantitative estimate of drug-likeness (QED) is 0.0608. The lowest BCUT2D eigenvalue weighted by atomic mass is 10.1. The number of aromatic nitrogens is 12. The van der Waals surface area contributed by atoms with E-state index in [4.69, 9.17) is 100 Å². The molecule has 0 aliphatic carbocycles. The Balaban J connectivity index is 0.000000190. The summed E-state index contributed by atoms with van der Waals surface area (Å²) >= 11 is 21.5. The Kier molecular flexibility index (Phi) is 24.5. The number of halogens is 4. The molecule has 464 valence electrons. The lowest BCUT2D eigenvalue weighted by Gasteiger charge is -2.15. The molecule has 0 bridgehead atoms. The van der Waals surface area contributed by atoms with E-state index in [0.29, 0.717) is 125 Å². The fourth-order valence-corrected chi connectivity index (χ4v) is 8.94. The van der Waals surface area contributed by atoms with Gasteiger partial charge in [0.1, 0.15) is 9.76 Å². The second kappa shape index (κ2) is 32.5. The molecular weight excluding hydrogens is 1310 g/mol. The highest BCUT2D eigenvalue weighted by Crippen LogP contribution is 2.40. The maximum atomic E-state index is 12.8. The van der Waals surface area contributed by atoms with Gasteiger partial charge in [0.05, 0.1) is 149 Å². The van der Waals surface area contributed by atoms with E-state index >= 15 is 0 Å². The number of carbonyl (C=O) groups is 2. The molecule has 0 radical (unpaired) electrons. The molecule has 0 spiro atoms. The van der Waals surface area contributed by atoms with E-state index in [-0.39, 0.29) is 64.2 Å². The first-order chi connectivity index (χ1) is 43.9. The molecule has 0 saturated heterocycles. The first kappa shape index (κ1) is 69.4. The number of nitrogen functional groups attached to an aromatic ring is 4. The van der Waals surface area contributed by atoms with Gasteiger partial charge in [0.2, 0.25) is 23.3 Å². The maximum absolute atomic E-state index is 12.8. The van der Waals surface area contributed by atoms with Crippen molar-refractivity contribution >= 4 is 138 Å². The van der Waals surface area contributed by atoms with Crippen molar-refractivity contribution in [1.82, 2.24) is 69.6 Å². The largest absolute Gasteiger partial charge is 0.493 e. The number of anilines is 8. The minimum atomic E-state index is -0.108. The number of benzene rings is 2. The number of aryl methyl sites for hydroxylation is 3. The molecule has 0 unspecified atom stereocenters. The average Bonchev–Trinajstić information content (AvgIpc) is 1.61. The van der Waals surface area contributed by atoms with Gasteiger partial charge in [-0.3, -0.25) is 39.5 Å². The van der Waals surface area contributed by atoms with E-state index in [1.54, 1.807) is 88.3 Å². The van der Waals surface area contributed by atoms with E-state index in [2.05, 4.69) is 111 Å². The summed E-state index contributed by atoms with van der Waals surface area (Å²) in [4.78, 5) is 91.5. The highest BCUT2D eigenvalue weighted by molar-refractivity contribution is 9.10. The number of fused-ring (bicyclic) bond motifs is 2. The average molecular weight is 1360 g/mol. The van der Waals surface area contributed by atoms with Crippen LogP contribution in [0.15, 0.2) is 90.3 Å². The van der Waals surface area contributed by atoms with Crippen LogP contribution in [0.5, 0.6) is 11.5 Å². The van der Waals surface area contributed by atoms with Crippen LogP contribution in [0.3, 0.4) is 0 Å². The topological polar surface area (TPSA) is 364 Å². The fourth-order valence-electron chi connectivity index (χ4n) is 7.95. The number of nitrogens with two attached hydrogens (primary N) is 4. The van der Waals surface area contributed by atoms with Gasteiger partial charge in [-0.25, -0.2) is 4.98 Å². The zero-order chi connectivity index (χ0) is 67.3. The fraction of sp³-hybridized carbons (Fsp3) is 0.169. The number of amides is 2. The molecule has 0 atom stereocenters. The number of rotatable bonds is 8. The Morgan fingerprint density at radius 2 is 0.967 bits per heavy atom. The highest BCUT2D eigenvalue weighted by Gasteiger charge is 2.32. The van der Waals surface area contributed by atoms with Gasteiger partial charge in [0.15, 0.2) is 17.2 Å². The Bertz CT molecular complexity index is 4330. The molecule has 2 amide bonds. The van der Waals surface area contributed by atoms with Crippen LogP contribution in [-0.4, -0.2) is 110 Å². The second-order valence-electron chi connectivity index (χ2n) is 18.6. The van der Waals surface area contributed by atoms with E-state index in [0.717, 1.165) is 0 Å². The van der Waals surface area contributed by atoms with Crippen molar-refractivity contribution in [2.45, 2.75) is 40.3 Å². The van der Waals surface area contributed by atoms with Crippen LogP contribution in [0.4, 0.5) is 75.1 Å². The summed E-state index contributed by atoms with van der Waals surface area (Å²) in [7, 11) is 6.54. The van der Waals surface area contributed by atoms with E-state index in [9.17, 15) is 9.59 Å². The minimum absolute atomic E-state index is 0.0948. The Morgan fingerprint density at radius 1 is 0.533 bits per heavy atom. The number of para-hydroxylation sites is 2. The molecule has 29 nitrogen and oxygen atoms in total. The molecule has 9 aromatic rings. The molecule has 2 aliphatic rings. The molecule has 11 rings (SSSR count). The molecule has 92 heavy (non-hydrogen) atoms. The Labute approximate surface area is 550 Å². The molecule has 9 heterocycles. The summed E-state index contributed by atoms with van der Waals surface area (Å²) in [6.45, 7) is 39.7. The normalized spacial score (nSPS) is 11.1. The van der Waals surface area contributed by atoms with E-state index in [1.807, 2.05) is 18.2 Å². The number of pyridine rings is 2. The van der Waals surface area contributed by atoms with Gasteiger partial charge in [-0.15, -0.1) is 4.98 Å². The summed E-state index contributed by atoms with van der Waals surface area (Å²) in [5, 5.41) is 7.73. The predicted molar refractivity (Wildman–Crippen MR) is 351 cm³/mol. The number of carbonyl (C=O) groups excluding carboxylic acids is 2. The van der Waals surface area contributed by atoms with Gasteiger partial charge >= 0.3 is 5.82 Å². The molecule has 2 aliphatic heterocycles. The maximum Gasteiger partial charge on any atom is 0.304 e. The molecule has 10 N–H and O–H groups in total. The van der Waals surface area contributed by atoms with Crippen molar-refractivity contribution in [3.63, 3.8) is 0 Å². The Hall–Kier alpha value is -11.7. The summed E-state index contributed by atoms with van der Waals surface area (Å²) in [5.74, 6) is 3.16. The van der Waals surface area contributed by atoms with Crippen LogP contribution in [0.1, 0.15) is 60.6 Å². The summed E-state index contributed by atoms with van der Waals surface area (Å²) < 4.78 is 11.2. The van der Waals surface area contributed by atoms with Crippen molar-refractivity contribution < 1.29 is 19.1 Å². The Morgan fingerprint density at radius 3 is 1.40 bits per heavy atom. The molecule has 33 heteroatoms. The van der Waals surface area contributed by atoms with Crippen molar-refractivity contribution in [3.8, 4) is 11.5 Å². The van der Waals surface area contributed by atoms with Gasteiger partial charge in [0, 0.05) is 14.1 Å². The molecule has 0 saturated carbocycles. The number of hydrogen-bond donors (Lipinski definition) is 6. The van der Waals surface area contributed by atoms with Crippen molar-refractivity contribution in [1.29, 1.82) is 0 Å². The summed E-state index contributed by atoms with van der Waals surface area (Å²) in [6, 6.07) is 14.1.